The Bertz CT molecular complexity index is 195. The monoisotopic (exact) mass is 122 g/mol. The van der Waals surface area contributed by atoms with Gasteiger partial charge in [-0.3, -0.25) is 4.79 Å². The molecule has 0 aromatic rings. The highest BCUT2D eigenvalue weighted by molar-refractivity contribution is 5.90. The lowest BCUT2D eigenvalue weighted by Gasteiger charge is -2.09. The number of hydrogen-bond acceptors (Lipinski definition) is 1. The molecule has 0 N–H and O–H groups in total. The molecule has 0 aromatic heterocycles. The van der Waals surface area contributed by atoms with Crippen LogP contribution in [0.2, 0.25) is 0 Å². The average molecular weight is 122 g/mol. The Kier molecular flexibility index (Phi) is 1.54. The minimum Gasteiger partial charge on any atom is -0.294 e. The standard InChI is InChI=1S/C8H10O/c1-6-3-4-8(9)5-7(6)2/h4,7H,5H2,1-2H3. The highest BCUT2D eigenvalue weighted by Crippen LogP contribution is 2.16. The van der Waals surface area contributed by atoms with Crippen LogP contribution in [0.25, 0.3) is 0 Å². The molecule has 48 valence electrons. The lowest BCUT2D eigenvalue weighted by atomic mass is 9.94. The van der Waals surface area contributed by atoms with Crippen molar-refractivity contribution in [2.75, 3.05) is 0 Å². The number of rotatable bonds is 0. The van der Waals surface area contributed by atoms with Crippen LogP contribution in [0.3, 0.4) is 0 Å². The minimum absolute atomic E-state index is 0.202. The molecule has 1 nitrogen and oxygen atoms in total. The molecule has 0 bridgehead atoms. The predicted octanol–water partition coefficient (Wildman–Crippen LogP) is 1.70. The van der Waals surface area contributed by atoms with Gasteiger partial charge < -0.3 is 0 Å². The molecule has 1 rings (SSSR count). The first-order valence-electron chi connectivity index (χ1n) is 3.16. The lowest BCUT2D eigenvalue weighted by molar-refractivity contribution is -0.115. The highest BCUT2D eigenvalue weighted by atomic mass is 16.1. The maximum atomic E-state index is 10.7. The summed E-state index contributed by atoms with van der Waals surface area (Å²) in [6, 6.07) is 0. The van der Waals surface area contributed by atoms with Crippen LogP contribution in [0.5, 0.6) is 0 Å². The predicted molar refractivity (Wildman–Crippen MR) is 36.1 cm³/mol. The Hall–Kier alpha value is -0.810. The van der Waals surface area contributed by atoms with Crippen LogP contribution in [0.15, 0.2) is 17.4 Å². The summed E-state index contributed by atoms with van der Waals surface area (Å²) in [4.78, 5) is 10.7. The third-order valence-corrected chi connectivity index (χ3v) is 1.71. The van der Waals surface area contributed by atoms with Crippen molar-refractivity contribution < 1.29 is 4.79 Å². The molecule has 0 amide bonds. The van der Waals surface area contributed by atoms with E-state index >= 15 is 0 Å². The van der Waals surface area contributed by atoms with Gasteiger partial charge in [0, 0.05) is 12.5 Å². The zero-order valence-electron chi connectivity index (χ0n) is 5.77. The van der Waals surface area contributed by atoms with Crippen molar-refractivity contribution in [1.82, 2.24) is 0 Å². The molecule has 1 heteroatoms. The van der Waals surface area contributed by atoms with Crippen LogP contribution in [0.1, 0.15) is 20.3 Å². The van der Waals surface area contributed by atoms with Crippen LogP contribution >= 0.6 is 0 Å². The smallest absolute Gasteiger partial charge is 0.163 e. The number of hydrogen-bond donors (Lipinski definition) is 0. The van der Waals surface area contributed by atoms with Gasteiger partial charge in [-0.1, -0.05) is 6.92 Å². The van der Waals surface area contributed by atoms with Gasteiger partial charge in [0.2, 0.25) is 0 Å². The molecule has 0 heterocycles. The summed E-state index contributed by atoms with van der Waals surface area (Å²) in [5.74, 6) is 0.607. The summed E-state index contributed by atoms with van der Waals surface area (Å²) >= 11 is 0. The van der Waals surface area contributed by atoms with E-state index in [9.17, 15) is 4.79 Å². The van der Waals surface area contributed by atoms with E-state index in [-0.39, 0.29) is 5.78 Å². The first-order valence-corrected chi connectivity index (χ1v) is 3.16. The molecule has 0 saturated carbocycles. The van der Waals surface area contributed by atoms with Gasteiger partial charge in [0.1, 0.15) is 0 Å². The van der Waals surface area contributed by atoms with Gasteiger partial charge in [0.15, 0.2) is 5.78 Å². The van der Waals surface area contributed by atoms with Gasteiger partial charge in [-0.05, 0) is 18.4 Å². The normalized spacial score (nSPS) is 26.2. The third-order valence-electron chi connectivity index (χ3n) is 1.71. The van der Waals surface area contributed by atoms with E-state index in [0.29, 0.717) is 12.3 Å². The second-order valence-corrected chi connectivity index (χ2v) is 2.54. The third kappa shape index (κ3) is 1.30. The number of ketones is 1. The van der Waals surface area contributed by atoms with E-state index < -0.39 is 0 Å². The Labute approximate surface area is 55.1 Å². The van der Waals surface area contributed by atoms with Gasteiger partial charge in [0.25, 0.3) is 0 Å². The molecule has 0 aromatic carbocycles. The lowest BCUT2D eigenvalue weighted by Crippen LogP contribution is -2.06. The molecule has 1 atom stereocenters. The maximum Gasteiger partial charge on any atom is 0.163 e. The van der Waals surface area contributed by atoms with Crippen molar-refractivity contribution in [2.24, 2.45) is 5.92 Å². The Morgan fingerprint density at radius 3 is 2.89 bits per heavy atom. The van der Waals surface area contributed by atoms with E-state index in [1.807, 2.05) is 13.8 Å². The summed E-state index contributed by atoms with van der Waals surface area (Å²) in [5, 5.41) is 0. The molecule has 0 radical (unpaired) electrons. The topological polar surface area (TPSA) is 17.1 Å². The van der Waals surface area contributed by atoms with Crippen molar-refractivity contribution in [2.45, 2.75) is 20.3 Å². The largest absolute Gasteiger partial charge is 0.294 e. The Balaban J connectivity index is 2.91. The number of carbonyl (C=O) groups is 1. The van der Waals surface area contributed by atoms with Gasteiger partial charge >= 0.3 is 0 Å². The number of carbonyl (C=O) groups excluding carboxylic acids is 1. The number of allylic oxidation sites excluding steroid dienone is 1. The van der Waals surface area contributed by atoms with Gasteiger partial charge in [0.05, 0.1) is 0 Å². The molecule has 1 aliphatic carbocycles. The fourth-order valence-corrected chi connectivity index (χ4v) is 0.850. The first kappa shape index (κ1) is 6.31. The van der Waals surface area contributed by atoms with E-state index in [1.54, 1.807) is 0 Å². The molecule has 1 unspecified atom stereocenters. The van der Waals surface area contributed by atoms with E-state index in [2.05, 4.69) is 5.73 Å². The molecule has 0 fully saturated rings. The fourth-order valence-electron chi connectivity index (χ4n) is 0.850. The summed E-state index contributed by atoms with van der Waals surface area (Å²) < 4.78 is 0. The van der Waals surface area contributed by atoms with Crippen LogP contribution in [-0.2, 0) is 4.79 Å². The molecule has 1 aliphatic rings. The van der Waals surface area contributed by atoms with Crippen molar-refractivity contribution in [3.8, 4) is 0 Å². The molecule has 9 heavy (non-hydrogen) atoms. The maximum absolute atomic E-state index is 10.7. The molecular weight excluding hydrogens is 112 g/mol. The Morgan fingerprint density at radius 1 is 1.78 bits per heavy atom. The van der Waals surface area contributed by atoms with Gasteiger partial charge in [-0.25, -0.2) is 0 Å². The summed E-state index contributed by atoms with van der Waals surface area (Å²) in [6.45, 7) is 4.06. The highest BCUT2D eigenvalue weighted by Gasteiger charge is 2.11. The summed E-state index contributed by atoms with van der Waals surface area (Å²) in [6.07, 6.45) is 2.20. The van der Waals surface area contributed by atoms with E-state index in [1.165, 1.54) is 11.6 Å². The summed E-state index contributed by atoms with van der Waals surface area (Å²) in [5.41, 5.74) is 4.11. The van der Waals surface area contributed by atoms with Crippen molar-refractivity contribution in [3.63, 3.8) is 0 Å². The molecule has 0 saturated heterocycles. The van der Waals surface area contributed by atoms with Crippen LogP contribution in [0.4, 0.5) is 0 Å². The van der Waals surface area contributed by atoms with Gasteiger partial charge in [-0.2, -0.15) is 0 Å². The second kappa shape index (κ2) is 2.20. The zero-order chi connectivity index (χ0) is 6.85. The van der Waals surface area contributed by atoms with Crippen molar-refractivity contribution in [3.05, 3.63) is 17.4 Å². The van der Waals surface area contributed by atoms with Crippen LogP contribution < -0.4 is 0 Å². The quantitative estimate of drug-likeness (QED) is 0.447. The van der Waals surface area contributed by atoms with Crippen LogP contribution in [0, 0.1) is 5.92 Å². The molecule has 0 spiro atoms. The zero-order valence-corrected chi connectivity index (χ0v) is 5.77. The fraction of sp³-hybridized carbons (Fsp3) is 0.500. The van der Waals surface area contributed by atoms with Crippen molar-refractivity contribution >= 4 is 5.78 Å². The molecular formula is C8H10O. The van der Waals surface area contributed by atoms with Gasteiger partial charge in [-0.15, -0.1) is 5.73 Å². The summed E-state index contributed by atoms with van der Waals surface area (Å²) in [7, 11) is 0. The Morgan fingerprint density at radius 2 is 2.44 bits per heavy atom. The van der Waals surface area contributed by atoms with E-state index in [0.717, 1.165) is 0 Å². The minimum atomic E-state index is 0.202. The average Bonchev–Trinajstić information content (AvgIpc) is 1.80. The first-order chi connectivity index (χ1) is 4.20. The SMILES string of the molecule is CC1=C=CC(=O)CC1C. The van der Waals surface area contributed by atoms with E-state index in [4.69, 9.17) is 0 Å². The van der Waals surface area contributed by atoms with Crippen molar-refractivity contribution in [1.29, 1.82) is 0 Å². The van der Waals surface area contributed by atoms with Crippen LogP contribution in [-0.4, -0.2) is 5.78 Å². The second-order valence-electron chi connectivity index (χ2n) is 2.54. The molecule has 0 aliphatic heterocycles.